The van der Waals surface area contributed by atoms with Crippen LogP contribution < -0.4 is 4.87 Å². The van der Waals surface area contributed by atoms with Crippen LogP contribution in [-0.4, -0.2) is 27.8 Å². The van der Waals surface area contributed by atoms with Crippen LogP contribution in [-0.2, 0) is 22.6 Å². The first-order valence-corrected chi connectivity index (χ1v) is 8.54. The number of aryl methyl sites for hydroxylation is 1. The lowest BCUT2D eigenvalue weighted by atomic mass is 10.1. The van der Waals surface area contributed by atoms with Crippen LogP contribution in [0.2, 0.25) is 0 Å². The Morgan fingerprint density at radius 3 is 2.26 bits per heavy atom. The Hall–Kier alpha value is -2.21. The molecule has 2 heterocycles. The van der Waals surface area contributed by atoms with Gasteiger partial charge in [0.15, 0.2) is 0 Å². The molecule has 0 atom stereocenters. The maximum absolute atomic E-state index is 12.4. The zero-order valence-corrected chi connectivity index (χ0v) is 13.8. The predicted octanol–water partition coefficient (Wildman–Crippen LogP) is 2.29. The minimum Gasteiger partial charge on any atom is -0.297 e. The third-order valence-electron chi connectivity index (χ3n) is 4.04. The highest BCUT2D eigenvalue weighted by Gasteiger charge is 2.29. The molecular weight excluding hydrogens is 312 g/mol. The lowest BCUT2D eigenvalue weighted by molar-refractivity contribution is -0.138. The maximum atomic E-state index is 12.4. The number of amides is 2. The van der Waals surface area contributed by atoms with Crippen molar-refractivity contribution in [2.24, 2.45) is 0 Å². The molecule has 120 valence electrons. The lowest BCUT2D eigenvalue weighted by Crippen LogP contribution is -2.33. The van der Waals surface area contributed by atoms with Crippen LogP contribution >= 0.6 is 11.3 Å². The molecule has 1 aromatic carbocycles. The van der Waals surface area contributed by atoms with E-state index in [1.54, 1.807) is 4.57 Å². The summed E-state index contributed by atoms with van der Waals surface area (Å²) in [5, 5.41) is 0. The second-order valence-corrected chi connectivity index (χ2v) is 6.50. The minimum atomic E-state index is -0.143. The monoisotopic (exact) mass is 330 g/mol. The van der Waals surface area contributed by atoms with Crippen LogP contribution in [0.25, 0.3) is 11.3 Å². The van der Waals surface area contributed by atoms with Crippen LogP contribution in [0.5, 0.6) is 0 Å². The van der Waals surface area contributed by atoms with Crippen molar-refractivity contribution in [1.82, 2.24) is 9.47 Å². The third-order valence-corrected chi connectivity index (χ3v) is 5.16. The van der Waals surface area contributed by atoms with E-state index in [0.717, 1.165) is 22.6 Å². The molecule has 6 heteroatoms. The second kappa shape index (κ2) is 6.50. The van der Waals surface area contributed by atoms with Crippen LogP contribution in [0.4, 0.5) is 0 Å². The van der Waals surface area contributed by atoms with Crippen molar-refractivity contribution in [3.63, 3.8) is 0 Å². The van der Waals surface area contributed by atoms with E-state index in [9.17, 15) is 14.4 Å². The molecule has 1 saturated heterocycles. The maximum Gasteiger partial charge on any atom is 0.307 e. The van der Waals surface area contributed by atoms with Gasteiger partial charge in [-0.3, -0.25) is 23.9 Å². The summed E-state index contributed by atoms with van der Waals surface area (Å²) >= 11 is 1.24. The quantitative estimate of drug-likeness (QED) is 0.790. The number of hydrogen-bond acceptors (Lipinski definition) is 4. The van der Waals surface area contributed by atoms with Crippen molar-refractivity contribution >= 4 is 23.2 Å². The van der Waals surface area contributed by atoms with Crippen molar-refractivity contribution in [1.29, 1.82) is 0 Å². The molecule has 0 saturated carbocycles. The molecule has 2 aromatic rings. The number of benzene rings is 1. The van der Waals surface area contributed by atoms with E-state index in [-0.39, 0.29) is 36.1 Å². The first-order chi connectivity index (χ1) is 11.1. The minimum absolute atomic E-state index is 0.0419. The zero-order chi connectivity index (χ0) is 16.4. The summed E-state index contributed by atoms with van der Waals surface area (Å²) in [5.41, 5.74) is 1.89. The average molecular weight is 330 g/mol. The van der Waals surface area contributed by atoms with E-state index in [1.807, 2.05) is 37.3 Å². The van der Waals surface area contributed by atoms with Gasteiger partial charge in [0.05, 0.1) is 5.69 Å². The first kappa shape index (κ1) is 15.7. The summed E-state index contributed by atoms with van der Waals surface area (Å²) < 4.78 is 1.69. The Morgan fingerprint density at radius 2 is 1.65 bits per heavy atom. The smallest absolute Gasteiger partial charge is 0.297 e. The molecule has 5 nitrogen and oxygen atoms in total. The molecule has 1 fully saturated rings. The number of nitrogens with zero attached hydrogens (tertiary/aromatic N) is 2. The molecule has 2 amide bonds. The average Bonchev–Trinajstić information content (AvgIpc) is 3.06. The Kier molecular flexibility index (Phi) is 4.43. The Labute approximate surface area is 138 Å². The number of rotatable bonds is 5. The molecule has 0 spiro atoms. The highest BCUT2D eigenvalue weighted by Crippen LogP contribution is 2.26. The molecule has 0 unspecified atom stereocenters. The van der Waals surface area contributed by atoms with E-state index in [4.69, 9.17) is 0 Å². The fourth-order valence-corrected chi connectivity index (χ4v) is 3.85. The number of thiazole rings is 1. The lowest BCUT2D eigenvalue weighted by Gasteiger charge is -2.15. The van der Waals surface area contributed by atoms with Gasteiger partial charge in [0.25, 0.3) is 0 Å². The molecular formula is C17H18N2O3S. The highest BCUT2D eigenvalue weighted by atomic mass is 32.1. The summed E-state index contributed by atoms with van der Waals surface area (Å²) in [4.78, 5) is 38.1. The second-order valence-electron chi connectivity index (χ2n) is 5.45. The van der Waals surface area contributed by atoms with Gasteiger partial charge >= 0.3 is 4.87 Å². The van der Waals surface area contributed by atoms with E-state index < -0.39 is 0 Å². The van der Waals surface area contributed by atoms with Crippen LogP contribution in [0, 0.1) is 0 Å². The number of imide groups is 1. The molecule has 0 bridgehead atoms. The van der Waals surface area contributed by atoms with Crippen LogP contribution in [0.3, 0.4) is 0 Å². The molecule has 1 aliphatic heterocycles. The number of carbonyl (C=O) groups excluding carboxylic acids is 2. The van der Waals surface area contributed by atoms with Crippen molar-refractivity contribution in [2.45, 2.75) is 32.7 Å². The first-order valence-electron chi connectivity index (χ1n) is 7.73. The summed E-state index contributed by atoms with van der Waals surface area (Å²) in [5.74, 6) is -0.287. The third kappa shape index (κ3) is 2.99. The van der Waals surface area contributed by atoms with Crippen LogP contribution in [0.1, 0.15) is 24.6 Å². The summed E-state index contributed by atoms with van der Waals surface area (Å²) in [6.45, 7) is 2.63. The molecule has 3 rings (SSSR count). The number of hydrogen-bond donors (Lipinski definition) is 0. The van der Waals surface area contributed by atoms with Gasteiger partial charge in [-0.25, -0.2) is 0 Å². The SMILES string of the molecule is CCc1sc(=O)n(CCN2C(=O)CCC2=O)c1-c1ccccc1. The normalized spacial score (nSPS) is 14.7. The molecule has 23 heavy (non-hydrogen) atoms. The van der Waals surface area contributed by atoms with Crippen molar-refractivity contribution in [3.8, 4) is 11.3 Å². The Morgan fingerprint density at radius 1 is 1.00 bits per heavy atom. The van der Waals surface area contributed by atoms with E-state index in [2.05, 4.69) is 0 Å². The van der Waals surface area contributed by atoms with Crippen molar-refractivity contribution < 1.29 is 9.59 Å². The van der Waals surface area contributed by atoms with Gasteiger partial charge in [0.1, 0.15) is 0 Å². The molecule has 1 aromatic heterocycles. The predicted molar refractivity (Wildman–Crippen MR) is 89.3 cm³/mol. The zero-order valence-electron chi connectivity index (χ0n) is 12.9. The summed E-state index contributed by atoms with van der Waals surface area (Å²) in [6, 6.07) is 9.77. The highest BCUT2D eigenvalue weighted by molar-refractivity contribution is 7.09. The van der Waals surface area contributed by atoms with Gasteiger partial charge in [0.2, 0.25) is 11.8 Å². The van der Waals surface area contributed by atoms with Gasteiger partial charge in [-0.2, -0.15) is 0 Å². The van der Waals surface area contributed by atoms with Gasteiger partial charge in [-0.15, -0.1) is 0 Å². The van der Waals surface area contributed by atoms with E-state index >= 15 is 0 Å². The van der Waals surface area contributed by atoms with E-state index in [0.29, 0.717) is 6.54 Å². The van der Waals surface area contributed by atoms with E-state index in [1.165, 1.54) is 16.2 Å². The summed E-state index contributed by atoms with van der Waals surface area (Å²) in [6.07, 6.45) is 1.34. The van der Waals surface area contributed by atoms with Gasteiger partial charge in [0, 0.05) is 30.8 Å². The van der Waals surface area contributed by atoms with Gasteiger partial charge in [-0.05, 0) is 12.0 Å². The van der Waals surface area contributed by atoms with Gasteiger partial charge < -0.3 is 0 Å². The fourth-order valence-electron chi connectivity index (χ4n) is 2.88. The standard InChI is InChI=1S/C17H18N2O3S/c1-2-13-16(12-6-4-3-5-7-12)19(17(22)23-13)11-10-18-14(20)8-9-15(18)21/h3-7H,2,8-11H2,1H3. The molecule has 0 radical (unpaired) electrons. The summed E-state index contributed by atoms with van der Waals surface area (Å²) in [7, 11) is 0. The molecule has 0 aliphatic carbocycles. The van der Waals surface area contributed by atoms with Gasteiger partial charge in [-0.1, -0.05) is 48.6 Å². The fraction of sp³-hybridized carbons (Fsp3) is 0.353. The Balaban J connectivity index is 1.93. The Bertz CT molecular complexity index is 776. The van der Waals surface area contributed by atoms with Crippen molar-refractivity contribution in [3.05, 3.63) is 44.9 Å². The largest absolute Gasteiger partial charge is 0.307 e. The van der Waals surface area contributed by atoms with Crippen molar-refractivity contribution in [2.75, 3.05) is 6.54 Å². The number of likely N-dealkylation sites (tertiary alicyclic amines) is 1. The number of aromatic nitrogens is 1. The molecule has 0 N–H and O–H groups in total. The molecule has 1 aliphatic rings. The number of carbonyl (C=O) groups is 2. The topological polar surface area (TPSA) is 59.4 Å². The van der Waals surface area contributed by atoms with Crippen LogP contribution in [0.15, 0.2) is 35.1 Å².